The highest BCUT2D eigenvalue weighted by atomic mass is 16.5. The van der Waals surface area contributed by atoms with E-state index < -0.39 is 0 Å². The van der Waals surface area contributed by atoms with Crippen molar-refractivity contribution in [3.05, 3.63) is 24.2 Å². The van der Waals surface area contributed by atoms with Gasteiger partial charge in [0.05, 0.1) is 18.9 Å². The molecule has 1 saturated carbocycles. The van der Waals surface area contributed by atoms with Gasteiger partial charge in [-0.2, -0.15) is 0 Å². The lowest BCUT2D eigenvalue weighted by atomic mass is 10.0. The summed E-state index contributed by atoms with van der Waals surface area (Å²) in [5.41, 5.74) is 0. The van der Waals surface area contributed by atoms with Crippen LogP contribution < -0.4 is 10.6 Å². The van der Waals surface area contributed by atoms with Gasteiger partial charge in [0.25, 0.3) is 0 Å². The summed E-state index contributed by atoms with van der Waals surface area (Å²) < 4.78 is 11.3. The van der Waals surface area contributed by atoms with Crippen LogP contribution in [0.1, 0.15) is 63.5 Å². The van der Waals surface area contributed by atoms with Crippen molar-refractivity contribution < 1.29 is 9.15 Å². The van der Waals surface area contributed by atoms with Gasteiger partial charge >= 0.3 is 0 Å². The zero-order chi connectivity index (χ0) is 19.7. The van der Waals surface area contributed by atoms with Gasteiger partial charge in [0.2, 0.25) is 0 Å². The predicted octanol–water partition coefficient (Wildman–Crippen LogP) is 3.33. The molecule has 2 aliphatic heterocycles. The molecule has 4 rings (SSSR count). The Morgan fingerprint density at radius 1 is 1.07 bits per heavy atom. The van der Waals surface area contributed by atoms with E-state index in [2.05, 4.69) is 15.5 Å². The number of nitrogens with one attached hydrogen (secondary N) is 2. The Kier molecular flexibility index (Phi) is 7.88. The maximum absolute atomic E-state index is 5.87. The Labute approximate surface area is 175 Å². The van der Waals surface area contributed by atoms with Crippen LogP contribution in [0.15, 0.2) is 27.8 Å². The first-order valence-electron chi connectivity index (χ1n) is 11.8. The molecule has 1 aliphatic carbocycles. The number of furan rings is 1. The van der Waals surface area contributed by atoms with Crippen molar-refractivity contribution in [1.82, 2.24) is 15.5 Å². The van der Waals surface area contributed by atoms with Gasteiger partial charge < -0.3 is 24.7 Å². The number of aliphatic imine (C=N–C) groups is 1. The van der Waals surface area contributed by atoms with Crippen LogP contribution in [0.4, 0.5) is 0 Å². The zero-order valence-electron chi connectivity index (χ0n) is 17.8. The van der Waals surface area contributed by atoms with Crippen LogP contribution in [0.2, 0.25) is 0 Å². The monoisotopic (exact) mass is 402 g/mol. The van der Waals surface area contributed by atoms with Crippen LogP contribution in [0, 0.1) is 0 Å². The minimum atomic E-state index is 0.275. The van der Waals surface area contributed by atoms with E-state index in [1.54, 1.807) is 6.26 Å². The standard InChI is InChI=1S/C23H38N4O2/c1-2-7-20(6-1)27-14-11-19(12-15-27)26-23(24-13-10-21-9-5-17-28-21)25-18-22-8-3-4-16-29-22/h5,9,17,19-20,22H,1-4,6-8,10-16,18H2,(H2,24,25,26). The summed E-state index contributed by atoms with van der Waals surface area (Å²) in [5, 5.41) is 7.23. The summed E-state index contributed by atoms with van der Waals surface area (Å²) >= 11 is 0. The Morgan fingerprint density at radius 2 is 1.90 bits per heavy atom. The first-order valence-corrected chi connectivity index (χ1v) is 11.8. The molecule has 0 bridgehead atoms. The quantitative estimate of drug-likeness (QED) is 0.541. The van der Waals surface area contributed by atoms with Gasteiger partial charge in [-0.3, -0.25) is 4.99 Å². The molecule has 2 N–H and O–H groups in total. The summed E-state index contributed by atoms with van der Waals surface area (Å²) in [7, 11) is 0. The number of likely N-dealkylation sites (tertiary alicyclic amines) is 1. The molecule has 6 heteroatoms. The van der Waals surface area contributed by atoms with E-state index in [4.69, 9.17) is 14.1 Å². The van der Waals surface area contributed by atoms with Crippen LogP contribution in [0.3, 0.4) is 0 Å². The topological polar surface area (TPSA) is 62.0 Å². The van der Waals surface area contributed by atoms with Gasteiger partial charge in [-0.25, -0.2) is 0 Å². The first kappa shape index (κ1) is 20.7. The first-order chi connectivity index (χ1) is 14.4. The number of ether oxygens (including phenoxy) is 1. The molecule has 1 aromatic rings. The van der Waals surface area contributed by atoms with E-state index in [9.17, 15) is 0 Å². The van der Waals surface area contributed by atoms with Crippen LogP contribution in [-0.4, -0.2) is 61.8 Å². The molecule has 162 valence electrons. The smallest absolute Gasteiger partial charge is 0.191 e. The molecule has 0 spiro atoms. The SMILES string of the molecule is c1coc(CCNC(=NCC2CCCCO2)NC2CCN(C3CCCC3)CC2)c1. The molecule has 0 aromatic carbocycles. The maximum atomic E-state index is 5.87. The van der Waals surface area contributed by atoms with Crippen molar-refractivity contribution in [3.8, 4) is 0 Å². The van der Waals surface area contributed by atoms with Gasteiger partial charge in [0.1, 0.15) is 5.76 Å². The lowest BCUT2D eigenvalue weighted by Crippen LogP contribution is -2.50. The molecule has 0 radical (unpaired) electrons. The van der Waals surface area contributed by atoms with Crippen molar-refractivity contribution >= 4 is 5.96 Å². The van der Waals surface area contributed by atoms with E-state index in [0.717, 1.165) is 50.3 Å². The molecule has 0 amide bonds. The highest BCUT2D eigenvalue weighted by Gasteiger charge is 2.27. The van der Waals surface area contributed by atoms with E-state index in [1.165, 1.54) is 64.5 Å². The van der Waals surface area contributed by atoms with Crippen LogP contribution >= 0.6 is 0 Å². The van der Waals surface area contributed by atoms with E-state index in [1.807, 2.05) is 12.1 Å². The number of piperidine rings is 1. The second-order valence-corrected chi connectivity index (χ2v) is 8.83. The van der Waals surface area contributed by atoms with Crippen molar-refractivity contribution in [2.45, 2.75) is 82.4 Å². The highest BCUT2D eigenvalue weighted by molar-refractivity contribution is 5.80. The average molecular weight is 403 g/mol. The predicted molar refractivity (Wildman–Crippen MR) is 116 cm³/mol. The molecule has 1 atom stereocenters. The molecule has 1 unspecified atom stereocenters. The summed E-state index contributed by atoms with van der Waals surface area (Å²) in [4.78, 5) is 7.61. The lowest BCUT2D eigenvalue weighted by Gasteiger charge is -2.36. The van der Waals surface area contributed by atoms with E-state index in [-0.39, 0.29) is 6.10 Å². The molecular weight excluding hydrogens is 364 g/mol. The Balaban J connectivity index is 1.26. The fourth-order valence-corrected chi connectivity index (χ4v) is 4.93. The summed E-state index contributed by atoms with van der Waals surface area (Å²) in [5.74, 6) is 1.95. The third kappa shape index (κ3) is 6.48. The summed E-state index contributed by atoms with van der Waals surface area (Å²) in [6, 6.07) is 5.33. The van der Waals surface area contributed by atoms with E-state index in [0.29, 0.717) is 6.04 Å². The van der Waals surface area contributed by atoms with Crippen LogP contribution in [-0.2, 0) is 11.2 Å². The van der Waals surface area contributed by atoms with Crippen LogP contribution in [0.5, 0.6) is 0 Å². The molecular formula is C23H38N4O2. The Hall–Kier alpha value is -1.53. The van der Waals surface area contributed by atoms with Crippen LogP contribution in [0.25, 0.3) is 0 Å². The van der Waals surface area contributed by atoms with Crippen molar-refractivity contribution in [1.29, 1.82) is 0 Å². The Bertz CT molecular complexity index is 598. The normalized spacial score (nSPS) is 25.4. The number of hydrogen-bond donors (Lipinski definition) is 2. The van der Waals surface area contributed by atoms with Gasteiger partial charge in [0.15, 0.2) is 5.96 Å². The molecule has 29 heavy (non-hydrogen) atoms. The third-order valence-corrected chi connectivity index (χ3v) is 6.68. The number of guanidine groups is 1. The van der Waals surface area contributed by atoms with Crippen molar-refractivity contribution in [2.75, 3.05) is 32.8 Å². The minimum absolute atomic E-state index is 0.275. The zero-order valence-corrected chi connectivity index (χ0v) is 17.8. The number of hydrogen-bond acceptors (Lipinski definition) is 4. The van der Waals surface area contributed by atoms with Gasteiger partial charge in [0, 0.05) is 44.7 Å². The summed E-state index contributed by atoms with van der Waals surface area (Å²) in [6.45, 7) is 4.89. The largest absolute Gasteiger partial charge is 0.469 e. The fraction of sp³-hybridized carbons (Fsp3) is 0.783. The molecule has 3 aliphatic rings. The molecule has 1 aromatic heterocycles. The molecule has 2 saturated heterocycles. The maximum Gasteiger partial charge on any atom is 0.191 e. The average Bonchev–Trinajstić information content (AvgIpc) is 3.48. The molecule has 6 nitrogen and oxygen atoms in total. The lowest BCUT2D eigenvalue weighted by molar-refractivity contribution is 0.0224. The van der Waals surface area contributed by atoms with Gasteiger partial charge in [-0.05, 0) is 57.1 Å². The van der Waals surface area contributed by atoms with Crippen molar-refractivity contribution in [3.63, 3.8) is 0 Å². The van der Waals surface area contributed by atoms with Gasteiger partial charge in [-0.15, -0.1) is 0 Å². The van der Waals surface area contributed by atoms with Crippen molar-refractivity contribution in [2.24, 2.45) is 4.99 Å². The second-order valence-electron chi connectivity index (χ2n) is 8.83. The number of nitrogens with zero attached hydrogens (tertiary/aromatic N) is 2. The molecule has 3 heterocycles. The summed E-state index contributed by atoms with van der Waals surface area (Å²) in [6.07, 6.45) is 14.5. The van der Waals surface area contributed by atoms with Gasteiger partial charge in [-0.1, -0.05) is 12.8 Å². The Morgan fingerprint density at radius 3 is 2.62 bits per heavy atom. The third-order valence-electron chi connectivity index (χ3n) is 6.68. The minimum Gasteiger partial charge on any atom is -0.469 e. The molecule has 3 fully saturated rings. The second kappa shape index (κ2) is 11.0. The number of rotatable bonds is 7. The van der Waals surface area contributed by atoms with E-state index >= 15 is 0 Å². The fourth-order valence-electron chi connectivity index (χ4n) is 4.93. The highest BCUT2D eigenvalue weighted by Crippen LogP contribution is 2.26.